The number of hydrogen-bond acceptors (Lipinski definition) is 7. The minimum Gasteiger partial charge on any atom is -0.507 e. The normalized spacial score (nSPS) is 18.2. The second-order valence-electron chi connectivity index (χ2n) is 9.78. The van der Waals surface area contributed by atoms with Gasteiger partial charge in [-0.2, -0.15) is 0 Å². The molecule has 0 bridgehead atoms. The number of likely N-dealkylation sites (tertiary alicyclic amines) is 1. The first kappa shape index (κ1) is 26.3. The van der Waals surface area contributed by atoms with E-state index in [9.17, 15) is 14.7 Å². The summed E-state index contributed by atoms with van der Waals surface area (Å²) >= 11 is 0. The molecule has 1 amide bonds. The van der Waals surface area contributed by atoms with E-state index in [2.05, 4.69) is 0 Å². The molecule has 8 nitrogen and oxygen atoms in total. The van der Waals surface area contributed by atoms with Gasteiger partial charge in [-0.05, 0) is 48.4 Å². The van der Waals surface area contributed by atoms with Gasteiger partial charge in [-0.1, -0.05) is 42.0 Å². The number of Topliss-reactive ketones (excluding diaryl/α,β-unsaturated/α-hetero) is 1. The Labute approximate surface area is 228 Å². The van der Waals surface area contributed by atoms with Crippen LogP contribution in [0.1, 0.15) is 28.3 Å². The molecule has 1 unspecified atom stereocenters. The highest BCUT2D eigenvalue weighted by atomic mass is 16.5. The second kappa shape index (κ2) is 11.2. The number of aliphatic hydroxyl groups excluding tert-OH is 1. The van der Waals surface area contributed by atoms with Gasteiger partial charge in [0.05, 0.1) is 30.5 Å². The molecule has 0 aliphatic carbocycles. The van der Waals surface area contributed by atoms with Gasteiger partial charge < -0.3 is 29.1 Å². The summed E-state index contributed by atoms with van der Waals surface area (Å²) in [7, 11) is 3.48. The van der Waals surface area contributed by atoms with Gasteiger partial charge in [0, 0.05) is 26.3 Å². The van der Waals surface area contributed by atoms with Gasteiger partial charge in [-0.15, -0.1) is 0 Å². The molecule has 39 heavy (non-hydrogen) atoms. The van der Waals surface area contributed by atoms with E-state index in [0.29, 0.717) is 42.4 Å². The van der Waals surface area contributed by atoms with Gasteiger partial charge in [-0.25, -0.2) is 0 Å². The zero-order valence-corrected chi connectivity index (χ0v) is 22.3. The number of anilines is 1. The first-order valence-corrected chi connectivity index (χ1v) is 12.9. The standard InChI is InChI=1S/C31H32N2O6/c1-20-4-6-21(7-5-20)19-39-24-11-8-22(9-12-24)28-27(30(35)31(36)33(28)15-16-37-3)29(34)23-10-13-26-25(18-23)32(2)14-17-38-26/h4-13,18,28,34H,14-17,19H2,1-3H3/b29-27-. The van der Waals surface area contributed by atoms with Crippen LogP contribution in [-0.2, 0) is 20.9 Å². The summed E-state index contributed by atoms with van der Waals surface area (Å²) in [6.45, 7) is 4.19. The van der Waals surface area contributed by atoms with Crippen molar-refractivity contribution < 1.29 is 28.9 Å². The summed E-state index contributed by atoms with van der Waals surface area (Å²) in [5, 5.41) is 11.4. The Balaban J connectivity index is 1.48. The fraction of sp³-hybridized carbons (Fsp3) is 0.290. The third kappa shape index (κ3) is 5.33. The molecule has 1 saturated heterocycles. The van der Waals surface area contributed by atoms with Crippen LogP contribution >= 0.6 is 0 Å². The van der Waals surface area contributed by atoms with Crippen molar-refractivity contribution in [2.24, 2.45) is 0 Å². The number of amides is 1. The average Bonchev–Trinajstić information content (AvgIpc) is 3.20. The highest BCUT2D eigenvalue weighted by molar-refractivity contribution is 6.46. The van der Waals surface area contributed by atoms with E-state index in [4.69, 9.17) is 14.2 Å². The number of methoxy groups -OCH3 is 1. The number of carbonyl (C=O) groups is 2. The molecular weight excluding hydrogens is 496 g/mol. The largest absolute Gasteiger partial charge is 0.507 e. The zero-order chi connectivity index (χ0) is 27.5. The lowest BCUT2D eigenvalue weighted by Crippen LogP contribution is -2.32. The predicted octanol–water partition coefficient (Wildman–Crippen LogP) is 4.47. The Morgan fingerprint density at radius 1 is 1.05 bits per heavy atom. The summed E-state index contributed by atoms with van der Waals surface area (Å²) in [4.78, 5) is 29.8. The molecule has 1 atom stereocenters. The fourth-order valence-electron chi connectivity index (χ4n) is 4.90. The summed E-state index contributed by atoms with van der Waals surface area (Å²) in [5.41, 5.74) is 4.23. The van der Waals surface area contributed by atoms with E-state index >= 15 is 0 Å². The predicted molar refractivity (Wildman–Crippen MR) is 148 cm³/mol. The second-order valence-corrected chi connectivity index (χ2v) is 9.78. The van der Waals surface area contributed by atoms with Gasteiger partial charge in [-0.3, -0.25) is 9.59 Å². The molecule has 1 fully saturated rings. The lowest BCUT2D eigenvalue weighted by atomic mass is 9.95. The minimum absolute atomic E-state index is 0.0451. The quantitative estimate of drug-likeness (QED) is 0.262. The Morgan fingerprint density at radius 2 is 1.79 bits per heavy atom. The van der Waals surface area contributed by atoms with Crippen LogP contribution in [-0.4, -0.2) is 62.2 Å². The lowest BCUT2D eigenvalue weighted by Gasteiger charge is -2.28. The average molecular weight is 529 g/mol. The molecule has 2 aliphatic heterocycles. The van der Waals surface area contributed by atoms with E-state index in [1.54, 1.807) is 18.2 Å². The Morgan fingerprint density at radius 3 is 2.51 bits per heavy atom. The van der Waals surface area contributed by atoms with Crippen molar-refractivity contribution in [3.63, 3.8) is 0 Å². The highest BCUT2D eigenvalue weighted by Crippen LogP contribution is 2.41. The molecular formula is C31H32N2O6. The van der Waals surface area contributed by atoms with Crippen LogP contribution in [0.25, 0.3) is 5.76 Å². The van der Waals surface area contributed by atoms with Crippen LogP contribution in [0, 0.1) is 6.92 Å². The van der Waals surface area contributed by atoms with E-state index in [1.165, 1.54) is 17.6 Å². The number of carbonyl (C=O) groups excluding carboxylic acids is 2. The van der Waals surface area contributed by atoms with Crippen molar-refractivity contribution in [3.8, 4) is 11.5 Å². The van der Waals surface area contributed by atoms with Crippen molar-refractivity contribution in [3.05, 3.63) is 94.6 Å². The van der Waals surface area contributed by atoms with Gasteiger partial charge in [0.2, 0.25) is 0 Å². The van der Waals surface area contributed by atoms with E-state index < -0.39 is 17.7 Å². The number of aliphatic hydroxyl groups is 1. The molecule has 3 aromatic rings. The molecule has 2 aliphatic rings. The fourth-order valence-corrected chi connectivity index (χ4v) is 4.90. The van der Waals surface area contributed by atoms with Crippen LogP contribution in [0.5, 0.6) is 11.5 Å². The SMILES string of the molecule is COCCN1C(=O)C(=O)/C(=C(\O)c2ccc3c(c2)N(C)CCO3)C1c1ccc(OCc2ccc(C)cc2)cc1. The first-order valence-electron chi connectivity index (χ1n) is 12.9. The molecule has 0 radical (unpaired) electrons. The lowest BCUT2D eigenvalue weighted by molar-refractivity contribution is -0.140. The van der Waals surface area contributed by atoms with Crippen molar-refractivity contribution in [2.45, 2.75) is 19.6 Å². The maximum atomic E-state index is 13.3. The zero-order valence-electron chi connectivity index (χ0n) is 22.3. The number of ether oxygens (including phenoxy) is 3. The number of likely N-dealkylation sites (N-methyl/N-ethyl adjacent to an activating group) is 1. The Kier molecular flexibility index (Phi) is 7.56. The Hall–Kier alpha value is -4.30. The van der Waals surface area contributed by atoms with Crippen molar-refractivity contribution in [1.82, 2.24) is 4.90 Å². The third-order valence-electron chi connectivity index (χ3n) is 7.13. The molecule has 0 saturated carbocycles. The maximum absolute atomic E-state index is 13.3. The van der Waals surface area contributed by atoms with Crippen LogP contribution in [0.3, 0.4) is 0 Å². The van der Waals surface area contributed by atoms with Crippen LogP contribution < -0.4 is 14.4 Å². The van der Waals surface area contributed by atoms with Crippen LogP contribution in [0.2, 0.25) is 0 Å². The summed E-state index contributed by atoms with van der Waals surface area (Å²) in [6.07, 6.45) is 0. The molecule has 3 aromatic carbocycles. The van der Waals surface area contributed by atoms with E-state index in [-0.39, 0.29) is 24.5 Å². The van der Waals surface area contributed by atoms with Crippen molar-refractivity contribution in [1.29, 1.82) is 0 Å². The number of benzene rings is 3. The summed E-state index contributed by atoms with van der Waals surface area (Å²) in [6, 6.07) is 19.9. The number of fused-ring (bicyclic) bond motifs is 1. The molecule has 1 N–H and O–H groups in total. The van der Waals surface area contributed by atoms with Crippen LogP contribution in [0.15, 0.2) is 72.3 Å². The van der Waals surface area contributed by atoms with Gasteiger partial charge in [0.1, 0.15) is 30.5 Å². The number of nitrogens with zero attached hydrogens (tertiary/aromatic N) is 2. The van der Waals surface area contributed by atoms with Crippen LogP contribution in [0.4, 0.5) is 5.69 Å². The molecule has 202 valence electrons. The topological polar surface area (TPSA) is 88.5 Å². The third-order valence-corrected chi connectivity index (χ3v) is 7.13. The highest BCUT2D eigenvalue weighted by Gasteiger charge is 2.46. The first-order chi connectivity index (χ1) is 18.9. The molecule has 8 heteroatoms. The minimum atomic E-state index is -0.767. The van der Waals surface area contributed by atoms with Gasteiger partial charge >= 0.3 is 0 Å². The van der Waals surface area contributed by atoms with E-state index in [1.807, 2.05) is 67.4 Å². The number of aryl methyl sites for hydroxylation is 1. The number of ketones is 1. The molecule has 0 aromatic heterocycles. The smallest absolute Gasteiger partial charge is 0.295 e. The number of rotatable bonds is 8. The summed E-state index contributed by atoms with van der Waals surface area (Å²) in [5.74, 6) is -0.253. The monoisotopic (exact) mass is 528 g/mol. The van der Waals surface area contributed by atoms with Gasteiger partial charge in [0.25, 0.3) is 11.7 Å². The van der Waals surface area contributed by atoms with Crippen molar-refractivity contribution >= 4 is 23.1 Å². The van der Waals surface area contributed by atoms with Gasteiger partial charge in [0.15, 0.2) is 0 Å². The molecule has 5 rings (SSSR count). The number of hydrogen-bond donors (Lipinski definition) is 1. The molecule has 2 heterocycles. The Bertz CT molecular complexity index is 1400. The molecule has 0 spiro atoms. The van der Waals surface area contributed by atoms with Crippen molar-refractivity contribution in [2.75, 3.05) is 45.4 Å². The van der Waals surface area contributed by atoms with E-state index in [0.717, 1.165) is 11.3 Å². The summed E-state index contributed by atoms with van der Waals surface area (Å²) < 4.78 is 16.9. The maximum Gasteiger partial charge on any atom is 0.295 e.